The second-order valence-corrected chi connectivity index (χ2v) is 4.74. The van der Waals surface area contributed by atoms with Crippen LogP contribution in [-0.2, 0) is 9.59 Å². The van der Waals surface area contributed by atoms with Crippen LogP contribution in [0.3, 0.4) is 0 Å². The molecule has 0 aromatic rings. The third-order valence-electron chi connectivity index (χ3n) is 3.26. The van der Waals surface area contributed by atoms with E-state index in [9.17, 15) is 9.59 Å². The first-order chi connectivity index (χ1) is 7.54. The van der Waals surface area contributed by atoms with E-state index < -0.39 is 5.97 Å². The molecule has 0 spiro atoms. The van der Waals surface area contributed by atoms with E-state index in [1.54, 1.807) is 0 Å². The molecular weight excluding hydrogens is 206 g/mol. The van der Waals surface area contributed by atoms with Gasteiger partial charge in [-0.2, -0.15) is 0 Å². The van der Waals surface area contributed by atoms with Crippen molar-refractivity contribution >= 4 is 11.9 Å². The SMILES string of the molecule is CCCC(C)NC(=O)[C@@H]1CC[C@H](C(=O)O)C1. The molecule has 0 heterocycles. The Kier molecular flexibility index (Phi) is 4.77. The lowest BCUT2D eigenvalue weighted by atomic mass is 10.0. The minimum Gasteiger partial charge on any atom is -0.481 e. The van der Waals surface area contributed by atoms with E-state index in [4.69, 9.17) is 5.11 Å². The summed E-state index contributed by atoms with van der Waals surface area (Å²) in [7, 11) is 0. The fraction of sp³-hybridized carbons (Fsp3) is 0.833. The van der Waals surface area contributed by atoms with Crippen molar-refractivity contribution in [3.8, 4) is 0 Å². The van der Waals surface area contributed by atoms with Gasteiger partial charge in [0.25, 0.3) is 0 Å². The molecule has 0 aromatic heterocycles. The van der Waals surface area contributed by atoms with Gasteiger partial charge in [-0.1, -0.05) is 13.3 Å². The van der Waals surface area contributed by atoms with Gasteiger partial charge < -0.3 is 10.4 Å². The summed E-state index contributed by atoms with van der Waals surface area (Å²) in [5.41, 5.74) is 0. The summed E-state index contributed by atoms with van der Waals surface area (Å²) in [6.45, 7) is 4.07. The fourth-order valence-electron chi connectivity index (χ4n) is 2.31. The average molecular weight is 227 g/mol. The van der Waals surface area contributed by atoms with Gasteiger partial charge in [0.2, 0.25) is 5.91 Å². The van der Waals surface area contributed by atoms with Crippen LogP contribution in [-0.4, -0.2) is 23.0 Å². The second-order valence-electron chi connectivity index (χ2n) is 4.74. The number of carboxylic acid groups (broad SMARTS) is 1. The molecule has 3 atom stereocenters. The summed E-state index contributed by atoms with van der Waals surface area (Å²) in [6, 6.07) is 0.196. The first-order valence-corrected chi connectivity index (χ1v) is 6.07. The molecule has 1 rings (SSSR count). The molecule has 1 amide bonds. The fourth-order valence-corrected chi connectivity index (χ4v) is 2.31. The van der Waals surface area contributed by atoms with Crippen molar-refractivity contribution in [1.29, 1.82) is 0 Å². The van der Waals surface area contributed by atoms with Crippen LogP contribution in [0.25, 0.3) is 0 Å². The summed E-state index contributed by atoms with van der Waals surface area (Å²) in [5.74, 6) is -1.15. The monoisotopic (exact) mass is 227 g/mol. The summed E-state index contributed by atoms with van der Waals surface area (Å²) in [4.78, 5) is 22.6. The number of hydrogen-bond acceptors (Lipinski definition) is 2. The van der Waals surface area contributed by atoms with E-state index >= 15 is 0 Å². The normalized spacial score (nSPS) is 26.4. The van der Waals surface area contributed by atoms with Crippen LogP contribution >= 0.6 is 0 Å². The van der Waals surface area contributed by atoms with E-state index in [-0.39, 0.29) is 23.8 Å². The van der Waals surface area contributed by atoms with Crippen LogP contribution in [0.15, 0.2) is 0 Å². The zero-order valence-corrected chi connectivity index (χ0v) is 10.0. The molecule has 1 aliphatic carbocycles. The summed E-state index contributed by atoms with van der Waals surface area (Å²) in [6.07, 6.45) is 3.86. The standard InChI is InChI=1S/C12H21NO3/c1-3-4-8(2)13-11(14)9-5-6-10(7-9)12(15)16/h8-10H,3-7H2,1-2H3,(H,13,14)(H,15,16)/t8?,9-,10+/m1/s1. The number of rotatable bonds is 5. The van der Waals surface area contributed by atoms with E-state index in [1.807, 2.05) is 6.92 Å². The molecule has 0 radical (unpaired) electrons. The Labute approximate surface area is 96.4 Å². The summed E-state index contributed by atoms with van der Waals surface area (Å²) < 4.78 is 0. The van der Waals surface area contributed by atoms with Crippen molar-refractivity contribution in [3.63, 3.8) is 0 Å². The van der Waals surface area contributed by atoms with Gasteiger partial charge in [-0.25, -0.2) is 0 Å². The number of carbonyl (C=O) groups is 2. The van der Waals surface area contributed by atoms with Crippen molar-refractivity contribution in [2.75, 3.05) is 0 Å². The lowest BCUT2D eigenvalue weighted by Crippen LogP contribution is -2.36. The van der Waals surface area contributed by atoms with Crippen molar-refractivity contribution in [3.05, 3.63) is 0 Å². The van der Waals surface area contributed by atoms with Gasteiger partial charge in [-0.15, -0.1) is 0 Å². The van der Waals surface area contributed by atoms with Crippen molar-refractivity contribution in [1.82, 2.24) is 5.32 Å². The molecule has 16 heavy (non-hydrogen) atoms. The van der Waals surface area contributed by atoms with Gasteiger partial charge >= 0.3 is 5.97 Å². The molecule has 1 saturated carbocycles. The van der Waals surface area contributed by atoms with Gasteiger partial charge in [0.15, 0.2) is 0 Å². The maximum absolute atomic E-state index is 11.8. The Morgan fingerprint density at radius 2 is 2.00 bits per heavy atom. The second kappa shape index (κ2) is 5.87. The highest BCUT2D eigenvalue weighted by molar-refractivity contribution is 5.81. The lowest BCUT2D eigenvalue weighted by Gasteiger charge is -2.16. The number of amides is 1. The topological polar surface area (TPSA) is 66.4 Å². The molecule has 0 aromatic carbocycles. The van der Waals surface area contributed by atoms with E-state index in [1.165, 1.54) is 0 Å². The maximum Gasteiger partial charge on any atom is 0.306 e. The van der Waals surface area contributed by atoms with Crippen LogP contribution in [0, 0.1) is 11.8 Å². The molecular formula is C12H21NO3. The average Bonchev–Trinajstić information content (AvgIpc) is 2.66. The number of carbonyl (C=O) groups excluding carboxylic acids is 1. The van der Waals surface area contributed by atoms with Gasteiger partial charge in [0.05, 0.1) is 5.92 Å². The zero-order chi connectivity index (χ0) is 12.1. The first kappa shape index (κ1) is 13.0. The Hall–Kier alpha value is -1.06. The smallest absolute Gasteiger partial charge is 0.306 e. The number of aliphatic carboxylic acids is 1. The highest BCUT2D eigenvalue weighted by Gasteiger charge is 2.33. The third kappa shape index (κ3) is 3.51. The molecule has 0 saturated heterocycles. The predicted octanol–water partition coefficient (Wildman–Crippen LogP) is 1.79. The van der Waals surface area contributed by atoms with E-state index in [0.717, 1.165) is 12.8 Å². The molecule has 0 bridgehead atoms. The molecule has 1 unspecified atom stereocenters. The van der Waals surface area contributed by atoms with Crippen LogP contribution in [0.2, 0.25) is 0 Å². The quantitative estimate of drug-likeness (QED) is 0.752. The van der Waals surface area contributed by atoms with E-state index in [2.05, 4.69) is 12.2 Å². The Morgan fingerprint density at radius 3 is 2.50 bits per heavy atom. The molecule has 2 N–H and O–H groups in total. The Bertz CT molecular complexity index is 265. The third-order valence-corrected chi connectivity index (χ3v) is 3.26. The largest absolute Gasteiger partial charge is 0.481 e. The van der Waals surface area contributed by atoms with Crippen molar-refractivity contribution < 1.29 is 14.7 Å². The lowest BCUT2D eigenvalue weighted by molar-refractivity contribution is -0.141. The first-order valence-electron chi connectivity index (χ1n) is 6.07. The molecule has 92 valence electrons. The van der Waals surface area contributed by atoms with E-state index in [0.29, 0.717) is 19.3 Å². The van der Waals surface area contributed by atoms with Crippen LogP contribution in [0.1, 0.15) is 46.0 Å². The van der Waals surface area contributed by atoms with Crippen LogP contribution < -0.4 is 5.32 Å². The van der Waals surface area contributed by atoms with Crippen molar-refractivity contribution in [2.45, 2.75) is 52.0 Å². The summed E-state index contributed by atoms with van der Waals surface area (Å²) >= 11 is 0. The van der Waals surface area contributed by atoms with Crippen molar-refractivity contribution in [2.24, 2.45) is 11.8 Å². The highest BCUT2D eigenvalue weighted by atomic mass is 16.4. The van der Waals surface area contributed by atoms with Gasteiger partial charge in [-0.3, -0.25) is 9.59 Å². The molecule has 4 nitrogen and oxygen atoms in total. The maximum atomic E-state index is 11.8. The predicted molar refractivity (Wildman–Crippen MR) is 61.0 cm³/mol. The number of nitrogens with one attached hydrogen (secondary N) is 1. The summed E-state index contributed by atoms with van der Waals surface area (Å²) in [5, 5.41) is 11.8. The Balaban J connectivity index is 2.36. The number of carboxylic acids is 1. The van der Waals surface area contributed by atoms with Gasteiger partial charge in [0, 0.05) is 12.0 Å². The minimum atomic E-state index is -0.767. The minimum absolute atomic E-state index is 0.0321. The molecule has 4 heteroatoms. The molecule has 0 aliphatic heterocycles. The van der Waals surface area contributed by atoms with Crippen LogP contribution in [0.4, 0.5) is 0 Å². The van der Waals surface area contributed by atoms with Gasteiger partial charge in [-0.05, 0) is 32.6 Å². The number of hydrogen-bond donors (Lipinski definition) is 2. The van der Waals surface area contributed by atoms with Crippen LogP contribution in [0.5, 0.6) is 0 Å². The van der Waals surface area contributed by atoms with Gasteiger partial charge in [0.1, 0.15) is 0 Å². The zero-order valence-electron chi connectivity index (χ0n) is 10.0. The Morgan fingerprint density at radius 1 is 1.38 bits per heavy atom. The highest BCUT2D eigenvalue weighted by Crippen LogP contribution is 2.31. The molecule has 1 fully saturated rings. The molecule has 1 aliphatic rings.